The molecule has 0 bridgehead atoms. The summed E-state index contributed by atoms with van der Waals surface area (Å²) >= 11 is 0. The van der Waals surface area contributed by atoms with E-state index in [1.807, 2.05) is 6.92 Å². The van der Waals surface area contributed by atoms with Gasteiger partial charge in [-0.3, -0.25) is 0 Å². The highest BCUT2D eigenvalue weighted by atomic mass is 19.1. The van der Waals surface area contributed by atoms with E-state index in [0.29, 0.717) is 11.3 Å². The maximum atomic E-state index is 12.8. The Morgan fingerprint density at radius 2 is 2.31 bits per heavy atom. The molecule has 0 N–H and O–H groups in total. The van der Waals surface area contributed by atoms with Crippen LogP contribution in [0, 0.1) is 25.1 Å². The molecule has 2 nitrogen and oxygen atoms in total. The van der Waals surface area contributed by atoms with Gasteiger partial charge >= 0.3 is 0 Å². The Labute approximate surface area is 75.0 Å². The van der Waals surface area contributed by atoms with E-state index < -0.39 is 0 Å². The summed E-state index contributed by atoms with van der Waals surface area (Å²) in [7, 11) is 0. The van der Waals surface area contributed by atoms with E-state index in [4.69, 9.17) is 6.42 Å². The third kappa shape index (κ3) is 1.07. The van der Waals surface area contributed by atoms with E-state index >= 15 is 0 Å². The van der Waals surface area contributed by atoms with E-state index in [-0.39, 0.29) is 5.82 Å². The molecule has 0 fully saturated rings. The first kappa shape index (κ1) is 7.81. The van der Waals surface area contributed by atoms with E-state index in [1.165, 1.54) is 12.3 Å². The van der Waals surface area contributed by atoms with Gasteiger partial charge in [-0.05, 0) is 25.0 Å². The minimum Gasteiger partial charge on any atom is -0.300 e. The normalized spacial score (nSPS) is 10.2. The molecular formula is C10H7FN2. The van der Waals surface area contributed by atoms with Gasteiger partial charge in [-0.2, -0.15) is 0 Å². The predicted octanol–water partition coefficient (Wildman–Crippen LogP) is 1.76. The van der Waals surface area contributed by atoms with Crippen molar-refractivity contribution < 1.29 is 4.39 Å². The van der Waals surface area contributed by atoms with Crippen LogP contribution < -0.4 is 0 Å². The molecular weight excluding hydrogens is 167 g/mol. The van der Waals surface area contributed by atoms with Gasteiger partial charge < -0.3 is 4.40 Å². The maximum absolute atomic E-state index is 12.8. The third-order valence-electron chi connectivity index (χ3n) is 1.96. The van der Waals surface area contributed by atoms with E-state index in [2.05, 4.69) is 10.9 Å². The molecule has 0 saturated heterocycles. The summed E-state index contributed by atoms with van der Waals surface area (Å²) in [5.41, 5.74) is 2.02. The van der Waals surface area contributed by atoms with Crippen molar-refractivity contribution in [1.82, 2.24) is 9.38 Å². The molecule has 0 spiro atoms. The van der Waals surface area contributed by atoms with Crippen molar-refractivity contribution in [1.29, 1.82) is 0 Å². The molecule has 0 aliphatic heterocycles. The number of fused-ring (bicyclic) bond motifs is 1. The number of halogens is 1. The summed E-state index contributed by atoms with van der Waals surface area (Å²) < 4.78 is 14.5. The minimum atomic E-state index is -0.295. The van der Waals surface area contributed by atoms with E-state index in [9.17, 15) is 4.39 Å². The summed E-state index contributed by atoms with van der Waals surface area (Å²) in [6, 6.07) is 2.96. The second kappa shape index (κ2) is 2.60. The fourth-order valence-electron chi connectivity index (χ4n) is 1.27. The average molecular weight is 174 g/mol. The number of nitrogens with zero attached hydrogens (tertiary/aromatic N) is 2. The van der Waals surface area contributed by atoms with Crippen molar-refractivity contribution >= 4 is 5.65 Å². The first-order valence-electron chi connectivity index (χ1n) is 3.83. The molecule has 0 saturated carbocycles. The summed E-state index contributed by atoms with van der Waals surface area (Å²) in [6.07, 6.45) is 6.61. The molecule has 0 atom stereocenters. The predicted molar refractivity (Wildman–Crippen MR) is 47.8 cm³/mol. The summed E-state index contributed by atoms with van der Waals surface area (Å²) in [4.78, 5) is 4.13. The van der Waals surface area contributed by atoms with Crippen LogP contribution in [0.25, 0.3) is 5.65 Å². The Kier molecular flexibility index (Phi) is 1.56. The average Bonchev–Trinajstić information content (AvgIpc) is 2.44. The van der Waals surface area contributed by atoms with Crippen molar-refractivity contribution in [3.8, 4) is 12.3 Å². The fraction of sp³-hybridized carbons (Fsp3) is 0.100. The highest BCUT2D eigenvalue weighted by molar-refractivity contribution is 5.47. The van der Waals surface area contributed by atoms with Crippen molar-refractivity contribution in [2.24, 2.45) is 0 Å². The number of hydrogen-bond acceptors (Lipinski definition) is 1. The summed E-state index contributed by atoms with van der Waals surface area (Å²) in [6.45, 7) is 1.81. The van der Waals surface area contributed by atoms with Crippen LogP contribution in [0.1, 0.15) is 11.4 Å². The Bertz CT molecular complexity index is 505. The van der Waals surface area contributed by atoms with Gasteiger partial charge in [-0.15, -0.1) is 6.42 Å². The zero-order chi connectivity index (χ0) is 9.42. The Morgan fingerprint density at radius 3 is 3.00 bits per heavy atom. The van der Waals surface area contributed by atoms with Gasteiger partial charge in [0.05, 0.1) is 5.69 Å². The second-order valence-corrected chi connectivity index (χ2v) is 2.77. The molecule has 0 aliphatic rings. The zero-order valence-electron chi connectivity index (χ0n) is 7.08. The number of aromatic nitrogens is 2. The highest BCUT2D eigenvalue weighted by Gasteiger charge is 2.05. The topological polar surface area (TPSA) is 17.3 Å². The molecule has 0 radical (unpaired) electrons. The molecule has 2 aromatic heterocycles. The number of pyridine rings is 1. The SMILES string of the molecule is C#Cc1nc2ccc(F)cn2c1C. The lowest BCUT2D eigenvalue weighted by Crippen LogP contribution is -1.88. The molecule has 2 heterocycles. The standard InChI is InChI=1S/C10H7FN2/c1-3-9-7(2)13-6-8(11)4-5-10(13)12-9/h1,4-6H,2H3. The minimum absolute atomic E-state index is 0.295. The Balaban J connectivity index is 2.87. The van der Waals surface area contributed by atoms with Crippen LogP contribution in [-0.2, 0) is 0 Å². The molecule has 0 amide bonds. The smallest absolute Gasteiger partial charge is 0.139 e. The van der Waals surface area contributed by atoms with Crippen LogP contribution >= 0.6 is 0 Å². The third-order valence-corrected chi connectivity index (χ3v) is 1.96. The Hall–Kier alpha value is -1.82. The van der Waals surface area contributed by atoms with Crippen LogP contribution in [0.4, 0.5) is 4.39 Å². The van der Waals surface area contributed by atoms with Crippen molar-refractivity contribution in [2.75, 3.05) is 0 Å². The van der Waals surface area contributed by atoms with Gasteiger partial charge in [0.25, 0.3) is 0 Å². The monoisotopic (exact) mass is 174 g/mol. The zero-order valence-corrected chi connectivity index (χ0v) is 7.08. The van der Waals surface area contributed by atoms with Gasteiger partial charge in [0.2, 0.25) is 0 Å². The van der Waals surface area contributed by atoms with Crippen LogP contribution in [0.3, 0.4) is 0 Å². The van der Waals surface area contributed by atoms with Gasteiger partial charge in [-0.25, -0.2) is 9.37 Å². The van der Waals surface area contributed by atoms with Crippen LogP contribution in [-0.4, -0.2) is 9.38 Å². The van der Waals surface area contributed by atoms with Crippen molar-refractivity contribution in [3.63, 3.8) is 0 Å². The fourth-order valence-corrected chi connectivity index (χ4v) is 1.27. The molecule has 13 heavy (non-hydrogen) atoms. The number of terminal acetylenes is 1. The number of aryl methyl sites for hydroxylation is 1. The van der Waals surface area contributed by atoms with Crippen LogP contribution in [0.5, 0.6) is 0 Å². The molecule has 0 unspecified atom stereocenters. The molecule has 2 aromatic rings. The number of imidazole rings is 1. The lowest BCUT2D eigenvalue weighted by molar-refractivity contribution is 0.618. The first-order valence-corrected chi connectivity index (χ1v) is 3.83. The highest BCUT2D eigenvalue weighted by Crippen LogP contribution is 2.11. The summed E-state index contributed by atoms with van der Waals surface area (Å²) in [5.74, 6) is 2.15. The summed E-state index contributed by atoms with van der Waals surface area (Å²) in [5, 5.41) is 0. The first-order chi connectivity index (χ1) is 6.22. The van der Waals surface area contributed by atoms with Crippen molar-refractivity contribution in [2.45, 2.75) is 6.92 Å². The molecule has 3 heteroatoms. The molecule has 0 aromatic carbocycles. The molecule has 64 valence electrons. The van der Waals surface area contributed by atoms with Gasteiger partial charge in [0.15, 0.2) is 0 Å². The van der Waals surface area contributed by atoms with Gasteiger partial charge in [0.1, 0.15) is 17.2 Å². The molecule has 0 aliphatic carbocycles. The Morgan fingerprint density at radius 1 is 1.54 bits per heavy atom. The van der Waals surface area contributed by atoms with Crippen LogP contribution in [0.15, 0.2) is 18.3 Å². The quantitative estimate of drug-likeness (QED) is 0.556. The maximum Gasteiger partial charge on any atom is 0.139 e. The van der Waals surface area contributed by atoms with Crippen LogP contribution in [0.2, 0.25) is 0 Å². The van der Waals surface area contributed by atoms with Gasteiger partial charge in [-0.1, -0.05) is 0 Å². The number of rotatable bonds is 0. The second-order valence-electron chi connectivity index (χ2n) is 2.77. The largest absolute Gasteiger partial charge is 0.300 e. The lowest BCUT2D eigenvalue weighted by atomic mass is 10.3. The van der Waals surface area contributed by atoms with E-state index in [1.54, 1.807) is 10.5 Å². The molecule has 2 rings (SSSR count). The lowest BCUT2D eigenvalue weighted by Gasteiger charge is -1.94. The van der Waals surface area contributed by atoms with Gasteiger partial charge in [0, 0.05) is 6.20 Å². The van der Waals surface area contributed by atoms with E-state index in [0.717, 1.165) is 5.69 Å². The van der Waals surface area contributed by atoms with Crippen molar-refractivity contribution in [3.05, 3.63) is 35.5 Å². The number of hydrogen-bond donors (Lipinski definition) is 0.